The Morgan fingerprint density at radius 2 is 1.61 bits per heavy atom. The molecule has 0 radical (unpaired) electrons. The molecule has 2 atom stereocenters. The van der Waals surface area contributed by atoms with Crippen LogP contribution in [0.3, 0.4) is 0 Å². The summed E-state index contributed by atoms with van der Waals surface area (Å²) in [5, 5.41) is 23.0. The van der Waals surface area contributed by atoms with Gasteiger partial charge in [0, 0.05) is 22.6 Å². The Balaban J connectivity index is 1.36. The number of anilines is 1. The highest BCUT2D eigenvalue weighted by atomic mass is 16.5. The summed E-state index contributed by atoms with van der Waals surface area (Å²) in [6.07, 6.45) is 4.19. The average molecular weight is 652 g/mol. The molecule has 0 spiro atoms. The maximum Gasteiger partial charge on any atom is 0.252 e. The second-order valence-corrected chi connectivity index (χ2v) is 12.3. The van der Waals surface area contributed by atoms with Crippen molar-refractivity contribution in [2.75, 3.05) is 19.6 Å². The van der Waals surface area contributed by atoms with Crippen molar-refractivity contribution in [2.45, 2.75) is 26.8 Å². The number of phenols is 1. The first-order valence-electron chi connectivity index (χ1n) is 16.1. The van der Waals surface area contributed by atoms with Gasteiger partial charge in [0.25, 0.3) is 5.91 Å². The number of amides is 1. The van der Waals surface area contributed by atoms with Gasteiger partial charge in [-0.05, 0) is 78.9 Å². The molecule has 3 N–H and O–H groups in total. The lowest BCUT2D eigenvalue weighted by molar-refractivity contribution is 0.0940. The molecule has 0 fully saturated rings. The van der Waals surface area contributed by atoms with Crippen LogP contribution in [-0.2, 0) is 0 Å². The minimum absolute atomic E-state index is 0.0287. The molecule has 1 amide bonds. The summed E-state index contributed by atoms with van der Waals surface area (Å²) < 4.78 is 13.1. The van der Waals surface area contributed by atoms with Crippen LogP contribution in [0.25, 0.3) is 40.0 Å². The minimum atomic E-state index is -0.313. The summed E-state index contributed by atoms with van der Waals surface area (Å²) >= 11 is 0. The highest BCUT2D eigenvalue weighted by molar-refractivity contribution is 5.97. The van der Waals surface area contributed by atoms with E-state index in [-0.39, 0.29) is 23.6 Å². The minimum Gasteiger partial charge on any atom is -0.506 e. The van der Waals surface area contributed by atoms with E-state index in [1.807, 2.05) is 80.6 Å². The number of hydrogen-bond donors (Lipinski definition) is 3. The molecule has 4 aromatic rings. The number of ether oxygens (including phenoxy) is 2. The standard InChI is InChI=1S/C40H37N5O4/c1-23-19-37(48-4)38(49-5)20-29(23)40(47)42-30-21-34-32(17-24(30)2)41-33-18-25(3)31(22-35(33)45(34)27-12-7-6-8-13-27)43-44-39-28-14-10-9-11-26(28)15-16-36(39)46/h6-22,24,30,44,46H,1-5H3,(H,42,47). The van der Waals surface area contributed by atoms with Crippen LogP contribution < -0.4 is 36.3 Å². The Bertz CT molecular complexity index is 2400. The van der Waals surface area contributed by atoms with E-state index < -0.39 is 0 Å². The molecular formula is C40H37N5O4. The van der Waals surface area contributed by atoms with Crippen LogP contribution in [0.1, 0.15) is 28.4 Å². The number of methoxy groups -OCH3 is 2. The molecule has 0 saturated heterocycles. The first kappa shape index (κ1) is 31.5. The number of carbonyl (C=O) groups is 1. The Morgan fingerprint density at radius 1 is 0.878 bits per heavy atom. The van der Waals surface area contributed by atoms with Crippen molar-refractivity contribution in [2.24, 2.45) is 11.0 Å². The van der Waals surface area contributed by atoms with Crippen molar-refractivity contribution < 1.29 is 19.4 Å². The molecule has 9 heteroatoms. The monoisotopic (exact) mass is 651 g/mol. The molecule has 0 bridgehead atoms. The number of aromatic hydroxyl groups is 1. The van der Waals surface area contributed by atoms with E-state index in [1.165, 1.54) is 0 Å². The van der Waals surface area contributed by atoms with Crippen molar-refractivity contribution in [3.63, 3.8) is 0 Å². The molecular weight excluding hydrogens is 614 g/mol. The van der Waals surface area contributed by atoms with E-state index in [0.717, 1.165) is 49.7 Å². The van der Waals surface area contributed by atoms with Gasteiger partial charge < -0.3 is 24.5 Å². The molecule has 4 aromatic carbocycles. The van der Waals surface area contributed by atoms with Crippen molar-refractivity contribution in [3.8, 4) is 34.3 Å². The van der Waals surface area contributed by atoms with Crippen molar-refractivity contribution in [3.05, 3.63) is 124 Å². The summed E-state index contributed by atoms with van der Waals surface area (Å²) in [4.78, 5) is 18.8. The molecule has 246 valence electrons. The zero-order chi connectivity index (χ0) is 34.2. The van der Waals surface area contributed by atoms with Gasteiger partial charge in [-0.3, -0.25) is 10.2 Å². The lowest BCUT2D eigenvalue weighted by atomic mass is 9.95. The van der Waals surface area contributed by atoms with Crippen molar-refractivity contribution >= 4 is 34.5 Å². The number of aryl methyl sites for hydroxylation is 2. The Labute approximate surface area is 283 Å². The fourth-order valence-corrected chi connectivity index (χ4v) is 6.42. The van der Waals surface area contributed by atoms with Crippen LogP contribution in [-0.4, -0.2) is 40.8 Å². The first-order valence-corrected chi connectivity index (χ1v) is 16.1. The van der Waals surface area contributed by atoms with Gasteiger partial charge in [-0.2, -0.15) is 5.10 Å². The van der Waals surface area contributed by atoms with E-state index in [9.17, 15) is 9.90 Å². The normalized spacial score (nSPS) is 15.7. The van der Waals surface area contributed by atoms with Crippen molar-refractivity contribution in [1.29, 1.82) is 0 Å². The lowest BCUT2D eigenvalue weighted by Crippen LogP contribution is -2.49. The van der Waals surface area contributed by atoms with E-state index in [2.05, 4.69) is 46.5 Å². The smallest absolute Gasteiger partial charge is 0.252 e. The predicted octanol–water partition coefficient (Wildman–Crippen LogP) is 5.41. The fourth-order valence-electron chi connectivity index (χ4n) is 6.42. The third kappa shape index (κ3) is 5.84. The molecule has 0 saturated carbocycles. The number of rotatable bonds is 7. The largest absolute Gasteiger partial charge is 0.506 e. The van der Waals surface area contributed by atoms with E-state index >= 15 is 0 Å². The molecule has 2 aliphatic carbocycles. The number of fused-ring (bicyclic) bond motifs is 3. The highest BCUT2D eigenvalue weighted by Crippen LogP contribution is 2.33. The van der Waals surface area contributed by atoms with Crippen LogP contribution in [0.2, 0.25) is 0 Å². The molecule has 49 heavy (non-hydrogen) atoms. The molecule has 9 nitrogen and oxygen atoms in total. The summed E-state index contributed by atoms with van der Waals surface area (Å²) in [6, 6.07) is 28.7. The number of phenolic OH excluding ortho intramolecular Hbond substituents is 1. The fraction of sp³-hybridized carbons (Fsp3) is 0.175. The van der Waals surface area contributed by atoms with Crippen molar-refractivity contribution in [1.82, 2.24) is 14.9 Å². The number of nitrogens with zero attached hydrogens (tertiary/aromatic N) is 3. The zero-order valence-corrected chi connectivity index (χ0v) is 28.0. The van der Waals surface area contributed by atoms with Gasteiger partial charge in [0.1, 0.15) is 11.4 Å². The van der Waals surface area contributed by atoms with E-state index in [0.29, 0.717) is 28.1 Å². The highest BCUT2D eigenvalue weighted by Gasteiger charge is 2.24. The molecule has 2 unspecified atom stereocenters. The van der Waals surface area contributed by atoms with Gasteiger partial charge in [0.15, 0.2) is 11.5 Å². The number of carbonyl (C=O) groups excluding carboxylic acids is 1. The van der Waals surface area contributed by atoms with Gasteiger partial charge in [0.2, 0.25) is 0 Å². The number of hydrogen-bond acceptors (Lipinski definition) is 7. The van der Waals surface area contributed by atoms with E-state index in [1.54, 1.807) is 26.4 Å². The maximum atomic E-state index is 13.7. The van der Waals surface area contributed by atoms with Crippen LogP contribution in [0.5, 0.6) is 17.2 Å². The second kappa shape index (κ2) is 12.8. The quantitative estimate of drug-likeness (QED) is 0.157. The third-order valence-corrected chi connectivity index (χ3v) is 9.09. The third-order valence-electron chi connectivity index (χ3n) is 9.09. The Kier molecular flexibility index (Phi) is 8.26. The van der Waals surface area contributed by atoms with Gasteiger partial charge in [-0.25, -0.2) is 4.98 Å². The van der Waals surface area contributed by atoms with Crippen LogP contribution in [0.4, 0.5) is 5.69 Å². The number of benzene rings is 5. The zero-order valence-electron chi connectivity index (χ0n) is 28.0. The Hall–Kier alpha value is -6.09. The summed E-state index contributed by atoms with van der Waals surface area (Å²) in [7, 11) is 3.13. The average Bonchev–Trinajstić information content (AvgIpc) is 3.11. The van der Waals surface area contributed by atoms with Crippen LogP contribution in [0.15, 0.2) is 96.1 Å². The second-order valence-electron chi connectivity index (χ2n) is 12.3. The van der Waals surface area contributed by atoms with Gasteiger partial charge in [-0.1, -0.05) is 61.5 Å². The molecule has 1 heterocycles. The maximum absolute atomic E-state index is 13.7. The molecule has 7 rings (SSSR count). The molecule has 0 aromatic heterocycles. The Morgan fingerprint density at radius 3 is 2.39 bits per heavy atom. The summed E-state index contributed by atoms with van der Waals surface area (Å²) in [5.74, 6) is 0.951. The van der Waals surface area contributed by atoms with Gasteiger partial charge >= 0.3 is 0 Å². The predicted molar refractivity (Wildman–Crippen MR) is 193 cm³/mol. The summed E-state index contributed by atoms with van der Waals surface area (Å²) in [6.45, 7) is 5.95. The lowest BCUT2D eigenvalue weighted by Gasteiger charge is -2.26. The number of nitrogens with one attached hydrogen (secondary N) is 2. The van der Waals surface area contributed by atoms with Gasteiger partial charge in [-0.15, -0.1) is 0 Å². The number of para-hydroxylation sites is 1. The summed E-state index contributed by atoms with van der Waals surface area (Å²) in [5.41, 5.74) is 8.51. The first-order chi connectivity index (χ1) is 23.7. The van der Waals surface area contributed by atoms with E-state index in [4.69, 9.17) is 19.6 Å². The van der Waals surface area contributed by atoms with Gasteiger partial charge in [0.05, 0.1) is 47.7 Å². The molecule has 1 aliphatic heterocycles. The van der Waals surface area contributed by atoms with Crippen LogP contribution >= 0.6 is 0 Å². The number of aromatic nitrogens is 2. The topological polar surface area (TPSA) is 110 Å². The SMILES string of the molecule is COc1cc(C)c(C(=O)NC2C=c3c(nc4cc(C)c(=NNc5c(O)ccc6ccccc56)cc-4n3-c3ccccc3)=CC2C)cc1OC. The molecule has 3 aliphatic rings. The van der Waals surface area contributed by atoms with Crippen LogP contribution in [0, 0.1) is 19.8 Å².